The fraction of sp³-hybridized carbons (Fsp3) is 0.300. The summed E-state index contributed by atoms with van der Waals surface area (Å²) in [6.07, 6.45) is 1.27. The summed E-state index contributed by atoms with van der Waals surface area (Å²) < 4.78 is 39.7. The molecule has 8 nitrogen and oxygen atoms in total. The third-order valence-electron chi connectivity index (χ3n) is 5.03. The van der Waals surface area contributed by atoms with Crippen LogP contribution in [0.4, 0.5) is 24.7 Å². The van der Waals surface area contributed by atoms with Crippen LogP contribution in [-0.4, -0.2) is 50.4 Å². The first-order valence-electron chi connectivity index (χ1n) is 9.58. The zero-order chi connectivity index (χ0) is 22.0. The predicted molar refractivity (Wildman–Crippen MR) is 106 cm³/mol. The van der Waals surface area contributed by atoms with E-state index in [9.17, 15) is 23.1 Å². The maximum absolute atomic E-state index is 13.2. The maximum atomic E-state index is 13.2. The number of aromatic nitrogens is 4. The number of carbonyl (C=O) groups is 1. The fourth-order valence-electron chi connectivity index (χ4n) is 3.36. The summed E-state index contributed by atoms with van der Waals surface area (Å²) >= 11 is 0. The van der Waals surface area contributed by atoms with Crippen LogP contribution in [0.2, 0.25) is 0 Å². The molecule has 4 heterocycles. The number of halogens is 3. The predicted octanol–water partition coefficient (Wildman–Crippen LogP) is 3.10. The lowest BCUT2D eigenvalue weighted by Crippen LogP contribution is -2.37. The monoisotopic (exact) mass is 432 g/mol. The van der Waals surface area contributed by atoms with Crippen LogP contribution in [0.25, 0.3) is 11.1 Å². The number of piperidine rings is 1. The number of nitrogens with zero attached hydrogens (tertiary/aromatic N) is 4. The zero-order valence-corrected chi connectivity index (χ0v) is 16.2. The Morgan fingerprint density at radius 1 is 1.16 bits per heavy atom. The summed E-state index contributed by atoms with van der Waals surface area (Å²) in [6.45, 7) is 0.827. The van der Waals surface area contributed by atoms with Gasteiger partial charge in [-0.3, -0.25) is 14.9 Å². The summed E-state index contributed by atoms with van der Waals surface area (Å²) in [4.78, 5) is 22.6. The van der Waals surface area contributed by atoms with Crippen molar-refractivity contribution in [2.45, 2.75) is 25.1 Å². The number of nitrogens with one attached hydrogen (secondary N) is 2. The topological polar surface area (TPSA) is 107 Å². The Kier molecular flexibility index (Phi) is 5.59. The van der Waals surface area contributed by atoms with Crippen molar-refractivity contribution < 1.29 is 23.1 Å². The standard InChI is InChI=1S/C20H19F3N6O2/c21-20(22,23)14-8-16(18(25-11-14)29-5-2-15(30)3-6-29)28-19(31)17-7-12(1-4-24-17)13-9-26-27-10-13/h1,4,7-11,15,30H,2-3,5-6H2,(H,26,27)(H,28,31). The molecule has 1 saturated heterocycles. The molecule has 0 unspecified atom stereocenters. The molecule has 0 atom stereocenters. The van der Waals surface area contributed by atoms with Crippen LogP contribution < -0.4 is 10.2 Å². The molecule has 31 heavy (non-hydrogen) atoms. The average Bonchev–Trinajstić information content (AvgIpc) is 3.29. The second kappa shape index (κ2) is 8.34. The normalized spacial score (nSPS) is 15.2. The summed E-state index contributed by atoms with van der Waals surface area (Å²) in [7, 11) is 0. The number of pyridine rings is 2. The van der Waals surface area contributed by atoms with E-state index in [4.69, 9.17) is 0 Å². The molecular formula is C20H19F3N6O2. The first-order valence-corrected chi connectivity index (χ1v) is 9.58. The van der Waals surface area contributed by atoms with Crippen molar-refractivity contribution in [3.05, 3.63) is 54.2 Å². The van der Waals surface area contributed by atoms with E-state index in [2.05, 4.69) is 25.5 Å². The van der Waals surface area contributed by atoms with Crippen LogP contribution in [0, 0.1) is 0 Å². The van der Waals surface area contributed by atoms with Crippen LogP contribution >= 0.6 is 0 Å². The van der Waals surface area contributed by atoms with Crippen molar-refractivity contribution in [1.29, 1.82) is 0 Å². The Morgan fingerprint density at radius 3 is 2.61 bits per heavy atom. The summed E-state index contributed by atoms with van der Waals surface area (Å²) in [5.41, 5.74) is 0.428. The van der Waals surface area contributed by atoms with Gasteiger partial charge >= 0.3 is 6.18 Å². The molecule has 3 aromatic heterocycles. The van der Waals surface area contributed by atoms with Crippen molar-refractivity contribution in [2.75, 3.05) is 23.3 Å². The fourth-order valence-corrected chi connectivity index (χ4v) is 3.36. The Hall–Kier alpha value is -3.47. The highest BCUT2D eigenvalue weighted by molar-refractivity contribution is 6.05. The Bertz CT molecular complexity index is 1060. The number of carbonyl (C=O) groups excluding carboxylic acids is 1. The lowest BCUT2D eigenvalue weighted by Gasteiger charge is -2.32. The van der Waals surface area contributed by atoms with E-state index in [1.54, 1.807) is 23.4 Å². The number of aliphatic hydroxyl groups excluding tert-OH is 1. The molecule has 3 aromatic rings. The quantitative estimate of drug-likeness (QED) is 0.585. The number of H-pyrrole nitrogens is 1. The van der Waals surface area contributed by atoms with Crippen molar-refractivity contribution >= 4 is 17.4 Å². The Labute approximate surface area is 175 Å². The summed E-state index contributed by atoms with van der Waals surface area (Å²) in [5, 5.41) is 18.8. The summed E-state index contributed by atoms with van der Waals surface area (Å²) in [5.74, 6) is -0.441. The van der Waals surface area contributed by atoms with Gasteiger partial charge in [0.15, 0.2) is 5.82 Å². The van der Waals surface area contributed by atoms with Gasteiger partial charge in [-0.1, -0.05) is 0 Å². The second-order valence-electron chi connectivity index (χ2n) is 7.18. The minimum Gasteiger partial charge on any atom is -0.393 e. The first-order chi connectivity index (χ1) is 14.8. The number of hydrogen-bond donors (Lipinski definition) is 3. The smallest absolute Gasteiger partial charge is 0.393 e. The van der Waals surface area contributed by atoms with Crippen molar-refractivity contribution in [2.24, 2.45) is 0 Å². The molecule has 0 radical (unpaired) electrons. The molecule has 3 N–H and O–H groups in total. The second-order valence-corrected chi connectivity index (χ2v) is 7.18. The van der Waals surface area contributed by atoms with E-state index >= 15 is 0 Å². The van der Waals surface area contributed by atoms with Gasteiger partial charge in [0.25, 0.3) is 5.91 Å². The van der Waals surface area contributed by atoms with Crippen LogP contribution in [0.1, 0.15) is 28.9 Å². The van der Waals surface area contributed by atoms with Crippen molar-refractivity contribution in [1.82, 2.24) is 20.2 Å². The molecule has 0 bridgehead atoms. The third kappa shape index (κ3) is 4.66. The van der Waals surface area contributed by atoms with E-state index < -0.39 is 23.8 Å². The van der Waals surface area contributed by atoms with Crippen molar-refractivity contribution in [3.8, 4) is 11.1 Å². The SMILES string of the molecule is O=C(Nc1cc(C(F)(F)F)cnc1N1CCC(O)CC1)c1cc(-c2cn[nH]c2)ccn1. The molecule has 0 saturated carbocycles. The summed E-state index contributed by atoms with van der Waals surface area (Å²) in [6, 6.07) is 4.08. The van der Waals surface area contributed by atoms with Crippen LogP contribution in [0.5, 0.6) is 0 Å². The number of anilines is 2. The lowest BCUT2D eigenvalue weighted by molar-refractivity contribution is -0.137. The molecule has 1 aliphatic heterocycles. The van der Waals surface area contributed by atoms with Gasteiger partial charge in [0.1, 0.15) is 5.69 Å². The number of amides is 1. The molecule has 1 aliphatic rings. The molecule has 162 valence electrons. The number of aliphatic hydroxyl groups is 1. The van der Waals surface area contributed by atoms with Gasteiger partial charge in [-0.05, 0) is 36.6 Å². The number of aromatic amines is 1. The molecule has 1 fully saturated rings. The van der Waals surface area contributed by atoms with Gasteiger partial charge in [0.05, 0.1) is 23.6 Å². The van der Waals surface area contributed by atoms with Gasteiger partial charge in [0.2, 0.25) is 0 Å². The zero-order valence-electron chi connectivity index (χ0n) is 16.2. The van der Waals surface area contributed by atoms with E-state index in [-0.39, 0.29) is 17.2 Å². The van der Waals surface area contributed by atoms with E-state index in [1.165, 1.54) is 12.3 Å². The minimum absolute atomic E-state index is 0.0381. The molecular weight excluding hydrogens is 413 g/mol. The number of alkyl halides is 3. The van der Waals surface area contributed by atoms with Crippen molar-refractivity contribution in [3.63, 3.8) is 0 Å². The third-order valence-corrected chi connectivity index (χ3v) is 5.03. The van der Waals surface area contributed by atoms with Gasteiger partial charge in [-0.15, -0.1) is 0 Å². The lowest BCUT2D eigenvalue weighted by atomic mass is 10.1. The van der Waals surface area contributed by atoms with Gasteiger partial charge in [0, 0.05) is 37.2 Å². The number of hydrogen-bond acceptors (Lipinski definition) is 6. The minimum atomic E-state index is -4.61. The van der Waals surface area contributed by atoms with Gasteiger partial charge in [-0.2, -0.15) is 18.3 Å². The highest BCUT2D eigenvalue weighted by Gasteiger charge is 2.33. The highest BCUT2D eigenvalue weighted by Crippen LogP contribution is 2.35. The van der Waals surface area contributed by atoms with Gasteiger partial charge in [-0.25, -0.2) is 4.98 Å². The molecule has 4 rings (SSSR count). The average molecular weight is 432 g/mol. The molecule has 1 amide bonds. The maximum Gasteiger partial charge on any atom is 0.417 e. The van der Waals surface area contributed by atoms with E-state index in [0.717, 1.165) is 17.8 Å². The Morgan fingerprint density at radius 2 is 1.94 bits per heavy atom. The van der Waals surface area contributed by atoms with E-state index in [0.29, 0.717) is 31.5 Å². The van der Waals surface area contributed by atoms with Crippen LogP contribution in [0.3, 0.4) is 0 Å². The molecule has 0 aliphatic carbocycles. The number of rotatable bonds is 4. The van der Waals surface area contributed by atoms with E-state index in [1.807, 2.05) is 0 Å². The largest absolute Gasteiger partial charge is 0.417 e. The van der Waals surface area contributed by atoms with Crippen LogP contribution in [-0.2, 0) is 6.18 Å². The Balaban J connectivity index is 1.64. The van der Waals surface area contributed by atoms with Gasteiger partial charge < -0.3 is 15.3 Å². The molecule has 0 spiro atoms. The highest BCUT2D eigenvalue weighted by atomic mass is 19.4. The first kappa shape index (κ1) is 20.8. The molecule has 11 heteroatoms. The van der Waals surface area contributed by atoms with Crippen LogP contribution in [0.15, 0.2) is 43.0 Å². The molecule has 0 aromatic carbocycles.